The first-order valence-electron chi connectivity index (χ1n) is 9.61. The fourth-order valence-corrected chi connectivity index (χ4v) is 3.54. The Morgan fingerprint density at radius 2 is 1.90 bits per heavy atom. The molecule has 0 fully saturated rings. The summed E-state index contributed by atoms with van der Waals surface area (Å²) in [6, 6.07) is 11.9. The van der Waals surface area contributed by atoms with Crippen molar-refractivity contribution in [2.24, 2.45) is 5.10 Å². The second-order valence-electron chi connectivity index (χ2n) is 7.73. The van der Waals surface area contributed by atoms with Crippen molar-refractivity contribution in [1.82, 2.24) is 5.01 Å². The van der Waals surface area contributed by atoms with Gasteiger partial charge in [-0.1, -0.05) is 54.0 Å². The molecule has 0 radical (unpaired) electrons. The van der Waals surface area contributed by atoms with E-state index in [-0.39, 0.29) is 16.6 Å². The lowest BCUT2D eigenvalue weighted by Crippen LogP contribution is -2.57. The Hall–Kier alpha value is -2.39. The van der Waals surface area contributed by atoms with Crippen LogP contribution in [0.15, 0.2) is 52.0 Å². The molecule has 0 aromatic heterocycles. The highest BCUT2D eigenvalue weighted by molar-refractivity contribution is 9.10. The fraction of sp³-hybridized carbons (Fsp3) is 0.364. The van der Waals surface area contributed by atoms with E-state index >= 15 is 0 Å². The summed E-state index contributed by atoms with van der Waals surface area (Å²) in [5, 5.41) is 14.4. The third kappa shape index (κ3) is 4.77. The van der Waals surface area contributed by atoms with Gasteiger partial charge in [-0.2, -0.15) is 23.3 Å². The SMILES string of the molecule is Cc1ccc(C(C)C)c(OCC(=O)N2N=C(c3ccc(Br)cc3)CC2(O)C(F)(F)F)c1. The third-order valence-corrected chi connectivity index (χ3v) is 5.52. The molecule has 1 amide bonds. The molecule has 1 aliphatic heterocycles. The highest BCUT2D eigenvalue weighted by Crippen LogP contribution is 2.41. The van der Waals surface area contributed by atoms with E-state index < -0.39 is 30.8 Å². The van der Waals surface area contributed by atoms with Crippen molar-refractivity contribution in [3.63, 3.8) is 0 Å². The van der Waals surface area contributed by atoms with Crippen LogP contribution in [0, 0.1) is 6.92 Å². The molecule has 9 heteroatoms. The van der Waals surface area contributed by atoms with Crippen molar-refractivity contribution in [3.8, 4) is 5.75 Å². The van der Waals surface area contributed by atoms with E-state index in [2.05, 4.69) is 21.0 Å². The molecular weight excluding hydrogens is 477 g/mol. The molecule has 5 nitrogen and oxygen atoms in total. The zero-order valence-corrected chi connectivity index (χ0v) is 18.8. The van der Waals surface area contributed by atoms with E-state index in [1.807, 2.05) is 32.9 Å². The van der Waals surface area contributed by atoms with Crippen LogP contribution < -0.4 is 4.74 Å². The van der Waals surface area contributed by atoms with Gasteiger partial charge in [0.05, 0.1) is 12.1 Å². The topological polar surface area (TPSA) is 62.1 Å². The molecule has 2 aromatic carbocycles. The van der Waals surface area contributed by atoms with Gasteiger partial charge >= 0.3 is 6.18 Å². The van der Waals surface area contributed by atoms with E-state index in [0.29, 0.717) is 11.3 Å². The van der Waals surface area contributed by atoms with Crippen molar-refractivity contribution in [2.45, 2.75) is 45.0 Å². The maximum atomic E-state index is 13.7. The maximum Gasteiger partial charge on any atom is 0.438 e. The molecule has 1 aliphatic rings. The molecule has 1 heterocycles. The van der Waals surface area contributed by atoms with Crippen LogP contribution in [0.1, 0.15) is 42.9 Å². The molecular formula is C22H22BrF3N2O3. The number of aliphatic hydroxyl groups is 1. The molecule has 31 heavy (non-hydrogen) atoms. The maximum absolute atomic E-state index is 13.7. The zero-order chi connectivity index (χ0) is 23.0. The van der Waals surface area contributed by atoms with Gasteiger partial charge in [0, 0.05) is 4.47 Å². The monoisotopic (exact) mass is 498 g/mol. The van der Waals surface area contributed by atoms with Gasteiger partial charge in [0.25, 0.3) is 11.6 Å². The van der Waals surface area contributed by atoms with Gasteiger partial charge in [0.15, 0.2) is 6.61 Å². The molecule has 3 rings (SSSR count). The minimum Gasteiger partial charge on any atom is -0.483 e. The molecule has 2 aromatic rings. The summed E-state index contributed by atoms with van der Waals surface area (Å²) in [6.45, 7) is 5.03. The Balaban J connectivity index is 1.88. The highest BCUT2D eigenvalue weighted by atomic mass is 79.9. The number of alkyl halides is 3. The normalized spacial score (nSPS) is 19.0. The Morgan fingerprint density at radius 1 is 1.26 bits per heavy atom. The van der Waals surface area contributed by atoms with Crippen LogP contribution in [0.5, 0.6) is 5.75 Å². The first-order chi connectivity index (χ1) is 14.4. The number of hydrogen-bond donors (Lipinski definition) is 1. The van der Waals surface area contributed by atoms with Crippen LogP contribution in [-0.4, -0.2) is 40.2 Å². The van der Waals surface area contributed by atoms with Crippen LogP contribution in [0.2, 0.25) is 0 Å². The predicted octanol–water partition coefficient (Wildman–Crippen LogP) is 5.15. The first-order valence-corrected chi connectivity index (χ1v) is 10.4. The highest BCUT2D eigenvalue weighted by Gasteiger charge is 2.63. The number of hydrazone groups is 1. The summed E-state index contributed by atoms with van der Waals surface area (Å²) >= 11 is 3.26. The van der Waals surface area contributed by atoms with Crippen LogP contribution in [-0.2, 0) is 4.79 Å². The van der Waals surface area contributed by atoms with Crippen LogP contribution in [0.25, 0.3) is 0 Å². The summed E-state index contributed by atoms with van der Waals surface area (Å²) in [5.74, 6) is -0.593. The lowest BCUT2D eigenvalue weighted by Gasteiger charge is -2.32. The number of amides is 1. The van der Waals surface area contributed by atoms with E-state index in [0.717, 1.165) is 15.6 Å². The Kier molecular flexibility index (Phi) is 6.48. The Morgan fingerprint density at radius 3 is 2.48 bits per heavy atom. The van der Waals surface area contributed by atoms with Crippen molar-refractivity contribution < 1.29 is 27.8 Å². The summed E-state index contributed by atoms with van der Waals surface area (Å²) in [4.78, 5) is 12.7. The molecule has 0 spiro atoms. The van der Waals surface area contributed by atoms with E-state index in [4.69, 9.17) is 4.74 Å². The molecule has 0 saturated carbocycles. The number of nitrogens with zero attached hydrogens (tertiary/aromatic N) is 2. The molecule has 0 bridgehead atoms. The molecule has 1 N–H and O–H groups in total. The summed E-state index contributed by atoms with van der Waals surface area (Å²) in [7, 11) is 0. The minimum atomic E-state index is -5.10. The molecule has 166 valence electrons. The number of benzene rings is 2. The quantitative estimate of drug-likeness (QED) is 0.620. The van der Waals surface area contributed by atoms with Gasteiger partial charge in [0.1, 0.15) is 5.75 Å². The van der Waals surface area contributed by atoms with Gasteiger partial charge in [-0.25, -0.2) is 0 Å². The van der Waals surface area contributed by atoms with Crippen LogP contribution >= 0.6 is 15.9 Å². The number of ether oxygens (including phenoxy) is 1. The molecule has 1 unspecified atom stereocenters. The van der Waals surface area contributed by atoms with Gasteiger partial charge in [-0.15, -0.1) is 0 Å². The Bertz CT molecular complexity index is 1010. The van der Waals surface area contributed by atoms with E-state index in [1.54, 1.807) is 30.3 Å². The minimum absolute atomic E-state index is 0.0425. The summed E-state index contributed by atoms with van der Waals surface area (Å²) in [5.41, 5.74) is -1.40. The molecule has 0 saturated heterocycles. The molecule has 0 aliphatic carbocycles. The van der Waals surface area contributed by atoms with E-state index in [1.165, 1.54) is 0 Å². The largest absolute Gasteiger partial charge is 0.483 e. The van der Waals surface area contributed by atoms with E-state index in [9.17, 15) is 23.1 Å². The van der Waals surface area contributed by atoms with Gasteiger partial charge in [0.2, 0.25) is 0 Å². The van der Waals surface area contributed by atoms with Crippen molar-refractivity contribution >= 4 is 27.5 Å². The summed E-state index contributed by atoms with van der Waals surface area (Å²) < 4.78 is 47.5. The van der Waals surface area contributed by atoms with Crippen molar-refractivity contribution in [2.75, 3.05) is 6.61 Å². The predicted molar refractivity (Wildman–Crippen MR) is 114 cm³/mol. The second kappa shape index (κ2) is 8.63. The Labute approximate surface area is 186 Å². The number of halogens is 4. The number of aryl methyl sites for hydroxylation is 1. The van der Waals surface area contributed by atoms with Crippen LogP contribution in [0.4, 0.5) is 13.2 Å². The smallest absolute Gasteiger partial charge is 0.438 e. The number of rotatable bonds is 5. The lowest BCUT2D eigenvalue weighted by molar-refractivity contribution is -0.302. The fourth-order valence-electron chi connectivity index (χ4n) is 3.28. The van der Waals surface area contributed by atoms with Gasteiger partial charge in [-0.3, -0.25) is 4.79 Å². The average molecular weight is 499 g/mol. The van der Waals surface area contributed by atoms with Crippen molar-refractivity contribution in [1.29, 1.82) is 0 Å². The molecule has 1 atom stereocenters. The zero-order valence-electron chi connectivity index (χ0n) is 17.2. The second-order valence-corrected chi connectivity index (χ2v) is 8.65. The average Bonchev–Trinajstić information content (AvgIpc) is 3.05. The first kappa shape index (κ1) is 23.3. The lowest BCUT2D eigenvalue weighted by atomic mass is 10.0. The van der Waals surface area contributed by atoms with Gasteiger partial charge < -0.3 is 9.84 Å². The summed E-state index contributed by atoms with van der Waals surface area (Å²) in [6.07, 6.45) is -5.97. The van der Waals surface area contributed by atoms with Gasteiger partial charge in [-0.05, 0) is 47.7 Å². The number of carbonyl (C=O) groups is 1. The van der Waals surface area contributed by atoms with Crippen molar-refractivity contribution in [3.05, 3.63) is 63.6 Å². The standard InChI is InChI=1S/C22H22BrF3N2O3/c1-13(2)17-9-4-14(3)10-19(17)31-12-20(29)28-21(30,22(24,25)26)11-18(27-28)15-5-7-16(23)8-6-15/h4-10,13,30H,11-12H2,1-3H3. The van der Waals surface area contributed by atoms with Crippen LogP contribution in [0.3, 0.4) is 0 Å². The number of hydrogen-bond acceptors (Lipinski definition) is 4. The third-order valence-electron chi connectivity index (χ3n) is 4.99. The number of carbonyl (C=O) groups excluding carboxylic acids is 1.